The molecule has 4 heteroatoms. The Labute approximate surface area is 60.1 Å². The van der Waals surface area contributed by atoms with E-state index in [1.165, 1.54) is 0 Å². The van der Waals surface area contributed by atoms with Gasteiger partial charge in [-0.2, -0.15) is 4.98 Å². The number of aromatic nitrogens is 2. The average Bonchev–Trinajstić information content (AvgIpc) is 2.30. The summed E-state index contributed by atoms with van der Waals surface area (Å²) in [6.07, 6.45) is 1.81. The Morgan fingerprint density at radius 3 is 2.90 bits per heavy atom. The molecule has 0 atom stereocenters. The van der Waals surface area contributed by atoms with Crippen LogP contribution in [0.5, 0.6) is 0 Å². The second-order valence-corrected chi connectivity index (χ2v) is 2.03. The number of aryl methyl sites for hydroxylation is 1. The van der Waals surface area contributed by atoms with E-state index in [0.717, 1.165) is 12.5 Å². The van der Waals surface area contributed by atoms with Crippen LogP contribution in [0.1, 0.15) is 6.92 Å². The van der Waals surface area contributed by atoms with Crippen molar-refractivity contribution in [3.8, 4) is 0 Å². The van der Waals surface area contributed by atoms with E-state index in [2.05, 4.69) is 10.3 Å². The highest BCUT2D eigenvalue weighted by Crippen LogP contribution is 2.08. The van der Waals surface area contributed by atoms with Gasteiger partial charge in [0.25, 0.3) is 0 Å². The molecule has 0 unspecified atom stereocenters. The first-order valence-corrected chi connectivity index (χ1v) is 3.28. The molecular formula is C6H12N4. The summed E-state index contributed by atoms with van der Waals surface area (Å²) >= 11 is 0. The highest BCUT2D eigenvalue weighted by Gasteiger charge is 1.99. The number of nitrogens with one attached hydrogen (secondary N) is 1. The van der Waals surface area contributed by atoms with Crippen LogP contribution in [0.2, 0.25) is 0 Å². The molecule has 0 fully saturated rings. The van der Waals surface area contributed by atoms with E-state index in [1.54, 1.807) is 0 Å². The monoisotopic (exact) mass is 140 g/mol. The van der Waals surface area contributed by atoms with Crippen LogP contribution in [0.15, 0.2) is 6.20 Å². The van der Waals surface area contributed by atoms with E-state index in [-0.39, 0.29) is 0 Å². The molecule has 0 aliphatic rings. The Morgan fingerprint density at radius 2 is 2.50 bits per heavy atom. The van der Waals surface area contributed by atoms with Crippen molar-refractivity contribution in [2.24, 2.45) is 0 Å². The van der Waals surface area contributed by atoms with Crippen LogP contribution in [-0.2, 0) is 6.54 Å². The minimum atomic E-state index is 0.561. The topological polar surface area (TPSA) is 55.9 Å². The van der Waals surface area contributed by atoms with Crippen molar-refractivity contribution in [3.05, 3.63) is 6.20 Å². The lowest BCUT2D eigenvalue weighted by Crippen LogP contribution is -2.00. The third-order valence-electron chi connectivity index (χ3n) is 1.36. The molecule has 0 bridgehead atoms. The molecule has 0 amide bonds. The number of nitrogens with zero attached hydrogens (tertiary/aromatic N) is 2. The van der Waals surface area contributed by atoms with Gasteiger partial charge < -0.3 is 15.6 Å². The molecule has 4 nitrogen and oxygen atoms in total. The SMILES string of the molecule is CCn1cc(N)nc1NC. The van der Waals surface area contributed by atoms with Crippen LogP contribution >= 0.6 is 0 Å². The predicted octanol–water partition coefficient (Wildman–Crippen LogP) is 0.527. The zero-order valence-electron chi connectivity index (χ0n) is 6.26. The minimum Gasteiger partial charge on any atom is -0.382 e. The van der Waals surface area contributed by atoms with Crippen molar-refractivity contribution in [2.45, 2.75) is 13.5 Å². The molecule has 0 saturated carbocycles. The van der Waals surface area contributed by atoms with Crippen LogP contribution in [0.4, 0.5) is 11.8 Å². The van der Waals surface area contributed by atoms with Crippen LogP contribution in [0.3, 0.4) is 0 Å². The van der Waals surface area contributed by atoms with E-state index in [4.69, 9.17) is 5.73 Å². The lowest BCUT2D eigenvalue weighted by atomic mass is 10.7. The summed E-state index contributed by atoms with van der Waals surface area (Å²) in [4.78, 5) is 4.03. The molecule has 0 aliphatic heterocycles. The van der Waals surface area contributed by atoms with Crippen molar-refractivity contribution < 1.29 is 0 Å². The molecule has 10 heavy (non-hydrogen) atoms. The zero-order chi connectivity index (χ0) is 7.56. The van der Waals surface area contributed by atoms with Crippen LogP contribution in [-0.4, -0.2) is 16.6 Å². The molecule has 0 aliphatic carbocycles. The third-order valence-corrected chi connectivity index (χ3v) is 1.36. The first-order chi connectivity index (χ1) is 4.77. The van der Waals surface area contributed by atoms with Gasteiger partial charge in [-0.1, -0.05) is 0 Å². The Morgan fingerprint density at radius 1 is 1.80 bits per heavy atom. The van der Waals surface area contributed by atoms with E-state index in [1.807, 2.05) is 24.7 Å². The zero-order valence-corrected chi connectivity index (χ0v) is 6.26. The number of nitrogen functional groups attached to an aromatic ring is 1. The maximum absolute atomic E-state index is 5.46. The first-order valence-electron chi connectivity index (χ1n) is 3.28. The molecule has 1 heterocycles. The first kappa shape index (κ1) is 6.92. The molecular weight excluding hydrogens is 128 g/mol. The van der Waals surface area contributed by atoms with Gasteiger partial charge >= 0.3 is 0 Å². The van der Waals surface area contributed by atoms with E-state index >= 15 is 0 Å². The Hall–Kier alpha value is -1.19. The van der Waals surface area contributed by atoms with Gasteiger partial charge in [-0.3, -0.25) is 0 Å². The summed E-state index contributed by atoms with van der Waals surface area (Å²) in [7, 11) is 1.83. The minimum absolute atomic E-state index is 0.561. The van der Waals surface area contributed by atoms with Crippen molar-refractivity contribution in [1.82, 2.24) is 9.55 Å². The molecule has 3 N–H and O–H groups in total. The van der Waals surface area contributed by atoms with Gasteiger partial charge in [-0.05, 0) is 6.92 Å². The maximum atomic E-state index is 5.46. The van der Waals surface area contributed by atoms with Gasteiger partial charge in [0.1, 0.15) is 5.82 Å². The summed E-state index contributed by atoms with van der Waals surface area (Å²) in [5.41, 5.74) is 5.46. The number of anilines is 2. The van der Waals surface area contributed by atoms with Gasteiger partial charge in [0.15, 0.2) is 0 Å². The predicted molar refractivity (Wildman–Crippen MR) is 41.9 cm³/mol. The van der Waals surface area contributed by atoms with E-state index < -0.39 is 0 Å². The average molecular weight is 140 g/mol. The largest absolute Gasteiger partial charge is 0.382 e. The highest BCUT2D eigenvalue weighted by atomic mass is 15.2. The summed E-state index contributed by atoms with van der Waals surface area (Å²) in [5, 5.41) is 2.94. The fraction of sp³-hybridized carbons (Fsp3) is 0.500. The Kier molecular flexibility index (Phi) is 1.80. The van der Waals surface area contributed by atoms with Crippen molar-refractivity contribution in [2.75, 3.05) is 18.1 Å². The van der Waals surface area contributed by atoms with Crippen LogP contribution in [0, 0.1) is 0 Å². The highest BCUT2D eigenvalue weighted by molar-refractivity contribution is 5.37. The fourth-order valence-electron chi connectivity index (χ4n) is 0.877. The van der Waals surface area contributed by atoms with Crippen molar-refractivity contribution in [1.29, 1.82) is 0 Å². The molecule has 0 aromatic carbocycles. The summed E-state index contributed by atoms with van der Waals surface area (Å²) in [6.45, 7) is 2.93. The van der Waals surface area contributed by atoms with E-state index in [9.17, 15) is 0 Å². The number of hydrogen-bond donors (Lipinski definition) is 2. The standard InChI is InChI=1S/C6H12N4/c1-3-10-4-5(7)9-6(10)8-2/h4H,3,7H2,1-2H3,(H,8,9). The van der Waals surface area contributed by atoms with Gasteiger partial charge in [-0.15, -0.1) is 0 Å². The lowest BCUT2D eigenvalue weighted by molar-refractivity contribution is 0.770. The quantitative estimate of drug-likeness (QED) is 0.630. The van der Waals surface area contributed by atoms with Crippen LogP contribution < -0.4 is 11.1 Å². The normalized spacial score (nSPS) is 9.80. The van der Waals surface area contributed by atoms with Gasteiger partial charge in [0, 0.05) is 19.8 Å². The van der Waals surface area contributed by atoms with Gasteiger partial charge in [0.05, 0.1) is 0 Å². The fourth-order valence-corrected chi connectivity index (χ4v) is 0.877. The second-order valence-electron chi connectivity index (χ2n) is 2.03. The van der Waals surface area contributed by atoms with Gasteiger partial charge in [0.2, 0.25) is 5.95 Å². The summed E-state index contributed by atoms with van der Waals surface area (Å²) in [5.74, 6) is 1.38. The lowest BCUT2D eigenvalue weighted by Gasteiger charge is -2.00. The molecule has 1 aromatic heterocycles. The Bertz CT molecular complexity index is 194. The maximum Gasteiger partial charge on any atom is 0.204 e. The second kappa shape index (κ2) is 2.60. The molecule has 0 radical (unpaired) electrons. The number of nitrogens with two attached hydrogens (primary N) is 1. The summed E-state index contributed by atoms with van der Waals surface area (Å²) in [6, 6.07) is 0. The molecule has 0 saturated heterocycles. The molecule has 0 spiro atoms. The smallest absolute Gasteiger partial charge is 0.204 e. The number of rotatable bonds is 2. The summed E-state index contributed by atoms with van der Waals surface area (Å²) < 4.78 is 1.95. The molecule has 1 aromatic rings. The van der Waals surface area contributed by atoms with Crippen molar-refractivity contribution >= 4 is 11.8 Å². The van der Waals surface area contributed by atoms with Gasteiger partial charge in [-0.25, -0.2) is 0 Å². The molecule has 56 valence electrons. The number of hydrogen-bond acceptors (Lipinski definition) is 3. The third kappa shape index (κ3) is 1.05. The van der Waals surface area contributed by atoms with Crippen LogP contribution in [0.25, 0.3) is 0 Å². The Balaban J connectivity index is 2.96. The van der Waals surface area contributed by atoms with Crippen molar-refractivity contribution in [3.63, 3.8) is 0 Å². The molecule has 1 rings (SSSR count). The number of imidazole rings is 1. The van der Waals surface area contributed by atoms with E-state index in [0.29, 0.717) is 5.82 Å².